The molecule has 0 atom stereocenters. The summed E-state index contributed by atoms with van der Waals surface area (Å²) in [4.78, 5) is 29.4. The number of amides is 1. The number of hydrogen-bond acceptors (Lipinski definition) is 3. The highest BCUT2D eigenvalue weighted by Gasteiger charge is 2.18. The summed E-state index contributed by atoms with van der Waals surface area (Å²) >= 11 is 0. The van der Waals surface area contributed by atoms with Gasteiger partial charge in [0.2, 0.25) is 5.91 Å². The minimum absolute atomic E-state index is 0.0673. The van der Waals surface area contributed by atoms with Gasteiger partial charge in [-0.05, 0) is 26.2 Å². The van der Waals surface area contributed by atoms with Gasteiger partial charge in [0.1, 0.15) is 18.1 Å². The maximum absolute atomic E-state index is 12.1. The number of imidazole rings is 1. The second-order valence-electron chi connectivity index (χ2n) is 4.80. The van der Waals surface area contributed by atoms with Gasteiger partial charge in [-0.25, -0.2) is 4.98 Å². The summed E-state index contributed by atoms with van der Waals surface area (Å²) in [7, 11) is 0. The van der Waals surface area contributed by atoms with Crippen LogP contribution in [0.15, 0.2) is 6.20 Å². The summed E-state index contributed by atoms with van der Waals surface area (Å²) in [5.74, 6) is 0.762. The highest BCUT2D eigenvalue weighted by Crippen LogP contribution is 2.10. The van der Waals surface area contributed by atoms with E-state index in [-0.39, 0.29) is 18.2 Å². The van der Waals surface area contributed by atoms with Gasteiger partial charge >= 0.3 is 0 Å². The van der Waals surface area contributed by atoms with E-state index in [1.54, 1.807) is 10.8 Å². The number of Topliss-reactive ketones (excluding diaryl/α,β-unsaturated/α-hetero) is 1. The predicted octanol–water partition coefficient (Wildman–Crippen LogP) is 1.41. The molecule has 0 spiro atoms. The number of ketones is 1. The fourth-order valence-corrected chi connectivity index (χ4v) is 2.23. The fraction of sp³-hybridized carbons (Fsp3) is 0.615. The Hall–Kier alpha value is -1.65. The van der Waals surface area contributed by atoms with Crippen LogP contribution in [0.4, 0.5) is 0 Å². The molecule has 1 aliphatic rings. The van der Waals surface area contributed by atoms with Crippen molar-refractivity contribution >= 4 is 11.7 Å². The molecule has 1 aliphatic heterocycles. The van der Waals surface area contributed by atoms with Gasteiger partial charge in [-0.3, -0.25) is 9.59 Å². The van der Waals surface area contributed by atoms with Crippen molar-refractivity contribution in [3.05, 3.63) is 17.7 Å². The summed E-state index contributed by atoms with van der Waals surface area (Å²) in [5, 5.41) is 0. The molecule has 0 unspecified atom stereocenters. The van der Waals surface area contributed by atoms with Gasteiger partial charge in [-0.1, -0.05) is 0 Å². The summed E-state index contributed by atoms with van der Waals surface area (Å²) in [6.45, 7) is 5.29. The third kappa shape index (κ3) is 2.78. The molecule has 0 saturated carbocycles. The minimum Gasteiger partial charge on any atom is -0.341 e. The largest absolute Gasteiger partial charge is 0.341 e. The first-order chi connectivity index (χ1) is 8.58. The molecule has 18 heavy (non-hydrogen) atoms. The first-order valence-corrected chi connectivity index (χ1v) is 6.40. The lowest BCUT2D eigenvalue weighted by atomic mass is 10.1. The van der Waals surface area contributed by atoms with E-state index < -0.39 is 0 Å². The molecule has 0 bridgehead atoms. The Labute approximate surface area is 107 Å². The first-order valence-electron chi connectivity index (χ1n) is 6.40. The normalized spacial score (nSPS) is 15.8. The Morgan fingerprint density at radius 1 is 1.28 bits per heavy atom. The maximum atomic E-state index is 12.1. The van der Waals surface area contributed by atoms with Gasteiger partial charge in [0, 0.05) is 26.2 Å². The lowest BCUT2D eigenvalue weighted by molar-refractivity contribution is -0.132. The zero-order valence-electron chi connectivity index (χ0n) is 11.0. The van der Waals surface area contributed by atoms with Crippen molar-refractivity contribution in [2.45, 2.75) is 39.7 Å². The quantitative estimate of drug-likeness (QED) is 0.761. The molecule has 1 fully saturated rings. The molecule has 1 aromatic rings. The van der Waals surface area contributed by atoms with Gasteiger partial charge in [-0.15, -0.1) is 0 Å². The molecule has 0 aliphatic carbocycles. The van der Waals surface area contributed by atoms with Gasteiger partial charge in [-0.2, -0.15) is 0 Å². The third-order valence-corrected chi connectivity index (χ3v) is 3.35. The summed E-state index contributed by atoms with van der Waals surface area (Å²) in [5.41, 5.74) is 0.430. The van der Waals surface area contributed by atoms with Crippen LogP contribution < -0.4 is 0 Å². The van der Waals surface area contributed by atoms with E-state index in [2.05, 4.69) is 4.98 Å². The van der Waals surface area contributed by atoms with Crippen molar-refractivity contribution in [3.8, 4) is 0 Å². The Bertz CT molecular complexity index is 459. The number of aryl methyl sites for hydroxylation is 1. The minimum atomic E-state index is -0.0673. The van der Waals surface area contributed by atoms with Crippen molar-refractivity contribution in [2.75, 3.05) is 13.1 Å². The van der Waals surface area contributed by atoms with E-state index in [0.717, 1.165) is 25.9 Å². The van der Waals surface area contributed by atoms with E-state index in [1.165, 1.54) is 13.3 Å². The molecule has 1 aromatic heterocycles. The molecule has 5 heteroatoms. The van der Waals surface area contributed by atoms with Crippen LogP contribution in [0.25, 0.3) is 0 Å². The summed E-state index contributed by atoms with van der Waals surface area (Å²) < 4.78 is 1.76. The number of piperidine rings is 1. The van der Waals surface area contributed by atoms with Crippen LogP contribution in [0.5, 0.6) is 0 Å². The fourth-order valence-electron chi connectivity index (χ4n) is 2.23. The standard InChI is InChI=1S/C13H19N3O2/c1-10(17)12-8-16(11(2)14-12)9-13(18)15-6-4-3-5-7-15/h8H,3-7,9H2,1-2H3. The smallest absolute Gasteiger partial charge is 0.242 e. The summed E-state index contributed by atoms with van der Waals surface area (Å²) in [6.07, 6.45) is 5.06. The highest BCUT2D eigenvalue weighted by atomic mass is 16.2. The molecule has 0 radical (unpaired) electrons. The lowest BCUT2D eigenvalue weighted by Crippen LogP contribution is -2.37. The molecule has 1 amide bonds. The molecule has 2 rings (SSSR count). The molecule has 0 N–H and O–H groups in total. The van der Waals surface area contributed by atoms with Crippen LogP contribution >= 0.6 is 0 Å². The summed E-state index contributed by atoms with van der Waals surface area (Å²) in [6, 6.07) is 0. The van der Waals surface area contributed by atoms with Crippen molar-refractivity contribution < 1.29 is 9.59 Å². The number of carbonyl (C=O) groups excluding carboxylic acids is 2. The predicted molar refractivity (Wildman–Crippen MR) is 67.4 cm³/mol. The molecule has 5 nitrogen and oxygen atoms in total. The Morgan fingerprint density at radius 3 is 2.50 bits per heavy atom. The van der Waals surface area contributed by atoms with Crippen LogP contribution in [0.3, 0.4) is 0 Å². The SMILES string of the molecule is CC(=O)c1cn(CC(=O)N2CCCCC2)c(C)n1. The number of rotatable bonds is 3. The second-order valence-corrected chi connectivity index (χ2v) is 4.80. The number of nitrogens with zero attached hydrogens (tertiary/aromatic N) is 3. The van der Waals surface area contributed by atoms with Crippen LogP contribution in [-0.4, -0.2) is 39.2 Å². The van der Waals surface area contributed by atoms with E-state index in [4.69, 9.17) is 0 Å². The Balaban J connectivity index is 2.04. The number of likely N-dealkylation sites (tertiary alicyclic amines) is 1. The van der Waals surface area contributed by atoms with Crippen molar-refractivity contribution in [1.82, 2.24) is 14.5 Å². The van der Waals surface area contributed by atoms with E-state index in [0.29, 0.717) is 11.5 Å². The Morgan fingerprint density at radius 2 is 1.94 bits per heavy atom. The van der Waals surface area contributed by atoms with Gasteiger partial charge in [0.25, 0.3) is 0 Å². The van der Waals surface area contributed by atoms with Crippen molar-refractivity contribution in [2.24, 2.45) is 0 Å². The maximum Gasteiger partial charge on any atom is 0.242 e. The van der Waals surface area contributed by atoms with Crippen LogP contribution in [0.2, 0.25) is 0 Å². The monoisotopic (exact) mass is 249 g/mol. The first kappa shape index (κ1) is 12.8. The number of hydrogen-bond donors (Lipinski definition) is 0. The van der Waals surface area contributed by atoms with Crippen LogP contribution in [0, 0.1) is 6.92 Å². The van der Waals surface area contributed by atoms with E-state index in [9.17, 15) is 9.59 Å². The average molecular weight is 249 g/mol. The zero-order valence-corrected chi connectivity index (χ0v) is 11.0. The van der Waals surface area contributed by atoms with Crippen molar-refractivity contribution in [3.63, 3.8) is 0 Å². The van der Waals surface area contributed by atoms with Gasteiger partial charge in [0.05, 0.1) is 0 Å². The number of aromatic nitrogens is 2. The Kier molecular flexibility index (Phi) is 3.79. The van der Waals surface area contributed by atoms with Crippen molar-refractivity contribution in [1.29, 1.82) is 0 Å². The molecule has 98 valence electrons. The molecule has 0 aromatic carbocycles. The lowest BCUT2D eigenvalue weighted by Gasteiger charge is -2.26. The highest BCUT2D eigenvalue weighted by molar-refractivity contribution is 5.92. The number of carbonyl (C=O) groups is 2. The molecular weight excluding hydrogens is 230 g/mol. The topological polar surface area (TPSA) is 55.2 Å². The van der Waals surface area contributed by atoms with E-state index >= 15 is 0 Å². The van der Waals surface area contributed by atoms with Crippen LogP contribution in [0.1, 0.15) is 42.5 Å². The van der Waals surface area contributed by atoms with Crippen LogP contribution in [-0.2, 0) is 11.3 Å². The third-order valence-electron chi connectivity index (χ3n) is 3.35. The molecular formula is C13H19N3O2. The zero-order chi connectivity index (χ0) is 13.1. The van der Waals surface area contributed by atoms with Gasteiger partial charge in [0.15, 0.2) is 5.78 Å². The molecule has 2 heterocycles. The molecule has 1 saturated heterocycles. The van der Waals surface area contributed by atoms with Gasteiger partial charge < -0.3 is 9.47 Å². The second kappa shape index (κ2) is 5.33. The van der Waals surface area contributed by atoms with E-state index in [1.807, 2.05) is 11.8 Å². The average Bonchev–Trinajstić information content (AvgIpc) is 2.72.